The molecule has 3 heterocycles. The second kappa shape index (κ2) is 6.52. The van der Waals surface area contributed by atoms with Crippen molar-refractivity contribution in [3.05, 3.63) is 18.0 Å². The van der Waals surface area contributed by atoms with E-state index in [9.17, 15) is 18.7 Å². The summed E-state index contributed by atoms with van der Waals surface area (Å²) in [5.74, 6) is -0.346. The first-order chi connectivity index (χ1) is 11.0. The van der Waals surface area contributed by atoms with Crippen molar-refractivity contribution in [2.24, 2.45) is 5.41 Å². The van der Waals surface area contributed by atoms with Gasteiger partial charge < -0.3 is 14.7 Å². The molecule has 1 N–H and O–H groups in total. The lowest BCUT2D eigenvalue weighted by Crippen LogP contribution is -2.54. The van der Waals surface area contributed by atoms with E-state index in [-0.39, 0.29) is 29.5 Å². The summed E-state index contributed by atoms with van der Waals surface area (Å²) in [4.78, 5) is 14.3. The van der Waals surface area contributed by atoms with Gasteiger partial charge in [0.15, 0.2) is 0 Å². The topological polar surface area (TPSA) is 67.6 Å². The molecule has 0 bridgehead atoms. The summed E-state index contributed by atoms with van der Waals surface area (Å²) >= 11 is 0. The number of ether oxygens (including phenoxy) is 1. The number of likely N-dealkylation sites (tertiary alicyclic amines) is 1. The number of aliphatic hydroxyl groups excluding tert-OH is 1. The van der Waals surface area contributed by atoms with Crippen molar-refractivity contribution in [1.82, 2.24) is 14.7 Å². The molecular weight excluding hydrogens is 308 g/mol. The molecule has 1 unspecified atom stereocenters. The Labute approximate surface area is 133 Å². The molecule has 0 radical (unpaired) electrons. The summed E-state index contributed by atoms with van der Waals surface area (Å²) in [5, 5.41) is 13.1. The van der Waals surface area contributed by atoms with Crippen molar-refractivity contribution in [2.45, 2.75) is 38.3 Å². The van der Waals surface area contributed by atoms with Gasteiger partial charge in [-0.2, -0.15) is 13.9 Å². The predicted molar refractivity (Wildman–Crippen MR) is 77.1 cm³/mol. The fourth-order valence-corrected chi connectivity index (χ4v) is 3.56. The molecule has 2 aliphatic rings. The van der Waals surface area contributed by atoms with E-state index in [1.165, 1.54) is 0 Å². The largest absolute Gasteiger partial charge is 0.394 e. The number of aliphatic hydroxyl groups is 1. The van der Waals surface area contributed by atoms with Gasteiger partial charge in [-0.1, -0.05) is 0 Å². The van der Waals surface area contributed by atoms with Crippen molar-refractivity contribution in [3.8, 4) is 0 Å². The molecule has 1 atom stereocenters. The van der Waals surface area contributed by atoms with Gasteiger partial charge >= 0.3 is 6.55 Å². The van der Waals surface area contributed by atoms with Crippen LogP contribution in [0.1, 0.15) is 42.6 Å². The molecule has 2 aliphatic heterocycles. The first kappa shape index (κ1) is 16.3. The van der Waals surface area contributed by atoms with Crippen molar-refractivity contribution < 1.29 is 23.4 Å². The van der Waals surface area contributed by atoms with Crippen LogP contribution < -0.4 is 0 Å². The van der Waals surface area contributed by atoms with Crippen LogP contribution in [0.2, 0.25) is 0 Å². The van der Waals surface area contributed by atoms with Crippen LogP contribution in [0.15, 0.2) is 12.4 Å². The molecule has 3 rings (SSSR count). The molecule has 23 heavy (non-hydrogen) atoms. The lowest BCUT2D eigenvalue weighted by molar-refractivity contribution is -0.0435. The van der Waals surface area contributed by atoms with Gasteiger partial charge in [-0.3, -0.25) is 4.79 Å². The molecule has 1 amide bonds. The molecule has 128 valence electrons. The van der Waals surface area contributed by atoms with Crippen molar-refractivity contribution in [3.63, 3.8) is 0 Å². The number of hydrogen-bond donors (Lipinski definition) is 1. The number of aromatic nitrogens is 2. The van der Waals surface area contributed by atoms with Gasteiger partial charge in [-0.15, -0.1) is 0 Å². The van der Waals surface area contributed by atoms with Crippen LogP contribution in [0.5, 0.6) is 0 Å². The summed E-state index contributed by atoms with van der Waals surface area (Å²) in [6.07, 6.45) is 5.64. The molecule has 2 fully saturated rings. The Morgan fingerprint density at radius 1 is 1.43 bits per heavy atom. The molecule has 0 saturated carbocycles. The van der Waals surface area contributed by atoms with Crippen LogP contribution in [0.4, 0.5) is 8.78 Å². The Morgan fingerprint density at radius 2 is 2.17 bits per heavy atom. The molecule has 0 aromatic carbocycles. The Morgan fingerprint density at radius 3 is 2.78 bits per heavy atom. The lowest BCUT2D eigenvalue weighted by atomic mass is 9.72. The van der Waals surface area contributed by atoms with Crippen LogP contribution in [0, 0.1) is 5.41 Å². The third-order valence-corrected chi connectivity index (χ3v) is 5.03. The minimum Gasteiger partial charge on any atom is -0.394 e. The van der Waals surface area contributed by atoms with E-state index in [2.05, 4.69) is 5.10 Å². The van der Waals surface area contributed by atoms with Crippen LogP contribution in [0.25, 0.3) is 0 Å². The van der Waals surface area contributed by atoms with Gasteiger partial charge in [0.2, 0.25) is 0 Å². The molecule has 2 saturated heterocycles. The van der Waals surface area contributed by atoms with Crippen molar-refractivity contribution in [2.75, 3.05) is 26.4 Å². The van der Waals surface area contributed by atoms with Crippen LogP contribution in [-0.2, 0) is 4.74 Å². The number of piperidine rings is 1. The summed E-state index contributed by atoms with van der Waals surface area (Å²) in [6, 6.07) is -0.272. The zero-order chi connectivity index (χ0) is 16.4. The number of hydrogen-bond acceptors (Lipinski definition) is 4. The Kier molecular flexibility index (Phi) is 4.63. The Bertz CT molecular complexity index is 558. The fourth-order valence-electron chi connectivity index (χ4n) is 3.56. The first-order valence-corrected chi connectivity index (χ1v) is 7.86. The molecule has 0 aliphatic carbocycles. The predicted octanol–water partition coefficient (Wildman–Crippen LogP) is 1.67. The zero-order valence-electron chi connectivity index (χ0n) is 12.8. The lowest BCUT2D eigenvalue weighted by Gasteiger charge is -2.48. The number of carbonyl (C=O) groups excluding carboxylic acids is 1. The number of nitrogens with zero attached hydrogens (tertiary/aromatic N) is 3. The van der Waals surface area contributed by atoms with E-state index >= 15 is 0 Å². The average Bonchev–Trinajstić information content (AvgIpc) is 3.05. The van der Waals surface area contributed by atoms with Gasteiger partial charge in [0.05, 0.1) is 24.4 Å². The second-order valence-corrected chi connectivity index (χ2v) is 6.41. The summed E-state index contributed by atoms with van der Waals surface area (Å²) in [6.45, 7) is -1.01. The van der Waals surface area contributed by atoms with Gasteiger partial charge in [0.1, 0.15) is 0 Å². The van der Waals surface area contributed by atoms with Crippen molar-refractivity contribution >= 4 is 5.91 Å². The minimum absolute atomic E-state index is 0.0122. The van der Waals surface area contributed by atoms with E-state index in [0.717, 1.165) is 31.7 Å². The highest BCUT2D eigenvalue weighted by Crippen LogP contribution is 2.41. The fraction of sp³-hybridized carbons (Fsp3) is 0.733. The summed E-state index contributed by atoms with van der Waals surface area (Å²) in [7, 11) is 0. The summed E-state index contributed by atoms with van der Waals surface area (Å²) in [5.41, 5.74) is 0.144. The van der Waals surface area contributed by atoms with E-state index in [1.54, 1.807) is 4.90 Å². The van der Waals surface area contributed by atoms with Gasteiger partial charge in [-0.25, -0.2) is 4.68 Å². The molecular formula is C15H21F2N3O3. The highest BCUT2D eigenvalue weighted by Gasteiger charge is 2.42. The molecule has 8 heteroatoms. The number of rotatable bonds is 3. The summed E-state index contributed by atoms with van der Waals surface area (Å²) < 4.78 is 31.2. The SMILES string of the molecule is O=C(c1cnn(C(F)F)c1)N1CC2(CCOCC2)CCC1CO. The Hall–Kier alpha value is -1.54. The smallest absolute Gasteiger partial charge is 0.333 e. The van der Waals surface area contributed by atoms with E-state index < -0.39 is 6.55 Å². The maximum atomic E-state index is 12.7. The second-order valence-electron chi connectivity index (χ2n) is 6.41. The normalized spacial score (nSPS) is 24.3. The highest BCUT2D eigenvalue weighted by atomic mass is 19.3. The minimum atomic E-state index is -2.77. The first-order valence-electron chi connectivity index (χ1n) is 7.86. The van der Waals surface area contributed by atoms with E-state index in [0.29, 0.717) is 30.9 Å². The van der Waals surface area contributed by atoms with Gasteiger partial charge in [0, 0.05) is 26.0 Å². The standard InChI is InChI=1S/C15H21F2N3O3/c16-14(17)20-8-11(7-18-20)13(22)19-10-15(2-1-12(19)9-21)3-5-23-6-4-15/h7-8,12,14,21H,1-6,9-10H2. The van der Waals surface area contributed by atoms with Crippen LogP contribution >= 0.6 is 0 Å². The van der Waals surface area contributed by atoms with E-state index in [4.69, 9.17) is 4.74 Å². The average molecular weight is 329 g/mol. The quantitative estimate of drug-likeness (QED) is 0.916. The third-order valence-electron chi connectivity index (χ3n) is 5.03. The Balaban J connectivity index is 1.79. The van der Waals surface area contributed by atoms with Gasteiger partial charge in [0.25, 0.3) is 5.91 Å². The maximum Gasteiger partial charge on any atom is 0.333 e. The number of amides is 1. The van der Waals surface area contributed by atoms with Crippen LogP contribution in [-0.4, -0.2) is 58.1 Å². The monoisotopic (exact) mass is 329 g/mol. The number of alkyl halides is 2. The maximum absolute atomic E-state index is 12.7. The van der Waals surface area contributed by atoms with E-state index in [1.807, 2.05) is 0 Å². The highest BCUT2D eigenvalue weighted by molar-refractivity contribution is 5.94. The van der Waals surface area contributed by atoms with Gasteiger partial charge in [-0.05, 0) is 31.1 Å². The van der Waals surface area contributed by atoms with Crippen LogP contribution in [0.3, 0.4) is 0 Å². The molecule has 6 nitrogen and oxygen atoms in total. The molecule has 1 aromatic rings. The molecule has 1 spiro atoms. The zero-order valence-corrected chi connectivity index (χ0v) is 12.8. The third kappa shape index (κ3) is 3.23. The number of carbonyl (C=O) groups is 1. The number of halogens is 2. The van der Waals surface area contributed by atoms with Crippen molar-refractivity contribution in [1.29, 1.82) is 0 Å². The molecule has 1 aromatic heterocycles.